The summed E-state index contributed by atoms with van der Waals surface area (Å²) < 4.78 is 13.6. The van der Waals surface area contributed by atoms with Gasteiger partial charge >= 0.3 is 0 Å². The molecule has 1 unspecified atom stereocenters. The Morgan fingerprint density at radius 3 is 2.50 bits per heavy atom. The summed E-state index contributed by atoms with van der Waals surface area (Å²) in [6.07, 6.45) is 1.68. The number of benzene rings is 1. The minimum atomic E-state index is -0.326. The second-order valence-corrected chi connectivity index (χ2v) is 5.75. The Kier molecular flexibility index (Phi) is 4.34. The first-order valence-corrected chi connectivity index (χ1v) is 5.88. The van der Waals surface area contributed by atoms with Crippen LogP contribution >= 0.6 is 11.6 Å². The number of hydrogen-bond acceptors (Lipinski definition) is 1. The average molecular weight is 244 g/mol. The third kappa shape index (κ3) is 3.76. The van der Waals surface area contributed by atoms with E-state index in [4.69, 9.17) is 17.3 Å². The molecule has 0 amide bonds. The maximum Gasteiger partial charge on any atom is 0.129 e. The van der Waals surface area contributed by atoms with Crippen molar-refractivity contribution < 1.29 is 4.39 Å². The molecule has 0 fully saturated rings. The van der Waals surface area contributed by atoms with Crippen LogP contribution in [0.5, 0.6) is 0 Å². The molecule has 1 aromatic carbocycles. The standard InChI is InChI=1S/C13H19ClFN/c1-13(2,3)8-7-11(16)12-9(14)5-4-6-10(12)15/h4-6,11H,7-8,16H2,1-3H3. The van der Waals surface area contributed by atoms with Gasteiger partial charge in [0.25, 0.3) is 0 Å². The van der Waals surface area contributed by atoms with E-state index >= 15 is 0 Å². The molecule has 1 nitrogen and oxygen atoms in total. The number of rotatable bonds is 3. The molecule has 1 atom stereocenters. The van der Waals surface area contributed by atoms with Gasteiger partial charge in [-0.1, -0.05) is 38.4 Å². The van der Waals surface area contributed by atoms with Gasteiger partial charge < -0.3 is 5.73 Å². The largest absolute Gasteiger partial charge is 0.324 e. The van der Waals surface area contributed by atoms with Crippen LogP contribution in [0.25, 0.3) is 0 Å². The quantitative estimate of drug-likeness (QED) is 0.841. The van der Waals surface area contributed by atoms with Crippen molar-refractivity contribution in [1.82, 2.24) is 0 Å². The van der Waals surface area contributed by atoms with E-state index in [1.165, 1.54) is 6.07 Å². The zero-order valence-corrected chi connectivity index (χ0v) is 10.8. The summed E-state index contributed by atoms with van der Waals surface area (Å²) in [5.41, 5.74) is 6.62. The summed E-state index contributed by atoms with van der Waals surface area (Å²) >= 11 is 5.95. The van der Waals surface area contributed by atoms with Crippen LogP contribution in [0, 0.1) is 11.2 Å². The topological polar surface area (TPSA) is 26.0 Å². The third-order valence-corrected chi connectivity index (χ3v) is 2.91. The van der Waals surface area contributed by atoms with Gasteiger partial charge in [-0.2, -0.15) is 0 Å². The minimum Gasteiger partial charge on any atom is -0.324 e. The number of hydrogen-bond donors (Lipinski definition) is 1. The van der Waals surface area contributed by atoms with Gasteiger partial charge in [-0.3, -0.25) is 0 Å². The molecule has 0 aliphatic rings. The molecular formula is C13H19ClFN. The van der Waals surface area contributed by atoms with Crippen molar-refractivity contribution in [3.8, 4) is 0 Å². The average Bonchev–Trinajstić information content (AvgIpc) is 2.13. The van der Waals surface area contributed by atoms with E-state index in [0.29, 0.717) is 10.6 Å². The lowest BCUT2D eigenvalue weighted by atomic mass is 9.87. The van der Waals surface area contributed by atoms with E-state index in [1.807, 2.05) is 0 Å². The van der Waals surface area contributed by atoms with Crippen molar-refractivity contribution in [2.75, 3.05) is 0 Å². The fourth-order valence-electron chi connectivity index (χ4n) is 1.60. The SMILES string of the molecule is CC(C)(C)CCC(N)c1c(F)cccc1Cl. The van der Waals surface area contributed by atoms with Crippen LogP contribution in [-0.2, 0) is 0 Å². The maximum atomic E-state index is 13.6. The van der Waals surface area contributed by atoms with Gasteiger partial charge in [-0.25, -0.2) is 4.39 Å². The van der Waals surface area contributed by atoms with E-state index in [1.54, 1.807) is 12.1 Å². The van der Waals surface area contributed by atoms with Gasteiger partial charge in [-0.15, -0.1) is 0 Å². The van der Waals surface area contributed by atoms with Crippen molar-refractivity contribution in [2.24, 2.45) is 11.1 Å². The normalized spacial score (nSPS) is 13.9. The molecule has 0 heterocycles. The molecule has 0 spiro atoms. The highest BCUT2D eigenvalue weighted by atomic mass is 35.5. The summed E-state index contributed by atoms with van der Waals surface area (Å²) in [7, 11) is 0. The van der Waals surface area contributed by atoms with Crippen LogP contribution in [0.2, 0.25) is 5.02 Å². The van der Waals surface area contributed by atoms with Gasteiger partial charge in [0.05, 0.1) is 0 Å². The molecular weight excluding hydrogens is 225 g/mol. The summed E-state index contributed by atoms with van der Waals surface area (Å²) in [6, 6.07) is 4.35. The molecule has 2 N–H and O–H groups in total. The van der Waals surface area contributed by atoms with E-state index in [0.717, 1.165) is 12.8 Å². The Hall–Kier alpha value is -0.600. The molecule has 0 radical (unpaired) electrons. The Bertz CT molecular complexity index is 337. The lowest BCUT2D eigenvalue weighted by Gasteiger charge is -2.21. The van der Waals surface area contributed by atoms with Crippen molar-refractivity contribution in [2.45, 2.75) is 39.7 Å². The smallest absolute Gasteiger partial charge is 0.129 e. The number of nitrogens with two attached hydrogens (primary N) is 1. The van der Waals surface area contributed by atoms with Gasteiger partial charge in [-0.05, 0) is 30.4 Å². The van der Waals surface area contributed by atoms with Crippen LogP contribution in [0.3, 0.4) is 0 Å². The molecule has 90 valence electrons. The predicted molar refractivity (Wildman–Crippen MR) is 67.0 cm³/mol. The highest BCUT2D eigenvalue weighted by Gasteiger charge is 2.18. The molecule has 0 aromatic heterocycles. The fraction of sp³-hybridized carbons (Fsp3) is 0.538. The maximum absolute atomic E-state index is 13.6. The Balaban J connectivity index is 2.77. The monoisotopic (exact) mass is 243 g/mol. The Morgan fingerprint density at radius 1 is 1.38 bits per heavy atom. The Morgan fingerprint density at radius 2 is 2.00 bits per heavy atom. The zero-order valence-electron chi connectivity index (χ0n) is 10.1. The second-order valence-electron chi connectivity index (χ2n) is 5.34. The minimum absolute atomic E-state index is 0.204. The van der Waals surface area contributed by atoms with E-state index in [-0.39, 0.29) is 17.3 Å². The second kappa shape index (κ2) is 5.15. The number of halogens is 2. The van der Waals surface area contributed by atoms with Crippen LogP contribution in [0.15, 0.2) is 18.2 Å². The van der Waals surface area contributed by atoms with Crippen LogP contribution in [0.1, 0.15) is 45.2 Å². The lowest BCUT2D eigenvalue weighted by Crippen LogP contribution is -2.16. The van der Waals surface area contributed by atoms with Crippen molar-refractivity contribution in [3.05, 3.63) is 34.6 Å². The molecule has 0 bridgehead atoms. The first kappa shape index (κ1) is 13.5. The highest BCUT2D eigenvalue weighted by Crippen LogP contribution is 2.30. The first-order valence-electron chi connectivity index (χ1n) is 5.51. The Labute approximate surface area is 102 Å². The summed E-state index contributed by atoms with van der Waals surface area (Å²) in [4.78, 5) is 0. The van der Waals surface area contributed by atoms with Crippen molar-refractivity contribution in [1.29, 1.82) is 0 Å². The van der Waals surface area contributed by atoms with Gasteiger partial charge in [0.2, 0.25) is 0 Å². The van der Waals surface area contributed by atoms with Gasteiger partial charge in [0.15, 0.2) is 0 Å². The molecule has 0 aliphatic heterocycles. The molecule has 16 heavy (non-hydrogen) atoms. The summed E-state index contributed by atoms with van der Waals surface area (Å²) in [6.45, 7) is 6.42. The molecule has 3 heteroatoms. The van der Waals surface area contributed by atoms with Crippen molar-refractivity contribution in [3.63, 3.8) is 0 Å². The third-order valence-electron chi connectivity index (χ3n) is 2.58. The fourth-order valence-corrected chi connectivity index (χ4v) is 1.90. The van der Waals surface area contributed by atoms with Crippen LogP contribution in [-0.4, -0.2) is 0 Å². The van der Waals surface area contributed by atoms with E-state index in [2.05, 4.69) is 20.8 Å². The molecule has 0 saturated heterocycles. The summed E-state index contributed by atoms with van der Waals surface area (Å²) in [5, 5.41) is 0.418. The van der Waals surface area contributed by atoms with Crippen LogP contribution < -0.4 is 5.73 Å². The van der Waals surface area contributed by atoms with Gasteiger partial charge in [0, 0.05) is 16.6 Å². The summed E-state index contributed by atoms with van der Waals surface area (Å²) in [5.74, 6) is -0.311. The molecule has 1 aromatic rings. The first-order chi connectivity index (χ1) is 7.31. The van der Waals surface area contributed by atoms with Crippen molar-refractivity contribution >= 4 is 11.6 Å². The molecule has 0 saturated carbocycles. The van der Waals surface area contributed by atoms with Crippen LogP contribution in [0.4, 0.5) is 4.39 Å². The zero-order chi connectivity index (χ0) is 12.3. The highest BCUT2D eigenvalue weighted by molar-refractivity contribution is 6.31. The van der Waals surface area contributed by atoms with E-state index in [9.17, 15) is 4.39 Å². The van der Waals surface area contributed by atoms with E-state index < -0.39 is 0 Å². The van der Waals surface area contributed by atoms with Gasteiger partial charge in [0.1, 0.15) is 5.82 Å². The lowest BCUT2D eigenvalue weighted by molar-refractivity contribution is 0.347. The molecule has 1 rings (SSSR count). The predicted octanol–water partition coefficient (Wildman–Crippen LogP) is 4.31. The molecule has 0 aliphatic carbocycles.